The van der Waals surface area contributed by atoms with Crippen LogP contribution < -0.4 is 4.74 Å². The predicted molar refractivity (Wildman–Crippen MR) is 118 cm³/mol. The molecule has 0 heterocycles. The van der Waals surface area contributed by atoms with Gasteiger partial charge in [0.2, 0.25) is 0 Å². The van der Waals surface area contributed by atoms with Crippen molar-refractivity contribution in [2.75, 3.05) is 0 Å². The molecular formula is C27H12F10O. The van der Waals surface area contributed by atoms with Gasteiger partial charge in [0.15, 0.2) is 23.3 Å². The molecule has 4 aromatic rings. The van der Waals surface area contributed by atoms with E-state index >= 15 is 0 Å². The maximum Gasteiger partial charge on any atom is 0.432 e. The minimum atomic E-state index is -4.72. The second kappa shape index (κ2) is 10.2. The Balaban J connectivity index is 1.59. The Morgan fingerprint density at radius 3 is 1.42 bits per heavy atom. The van der Waals surface area contributed by atoms with Crippen molar-refractivity contribution in [3.05, 3.63) is 119 Å². The number of benzene rings is 4. The summed E-state index contributed by atoms with van der Waals surface area (Å²) in [7, 11) is 0. The summed E-state index contributed by atoms with van der Waals surface area (Å²) in [5.74, 6) is -12.0. The molecule has 196 valence electrons. The van der Waals surface area contributed by atoms with Gasteiger partial charge < -0.3 is 4.74 Å². The largest absolute Gasteiger partial charge is 0.432 e. The number of hydrogen-bond donors (Lipinski definition) is 0. The van der Waals surface area contributed by atoms with Gasteiger partial charge in [-0.3, -0.25) is 0 Å². The minimum absolute atomic E-state index is 0.0954. The highest BCUT2D eigenvalue weighted by Gasteiger charge is 2.41. The molecule has 0 amide bonds. The van der Waals surface area contributed by atoms with Crippen molar-refractivity contribution in [2.45, 2.75) is 6.11 Å². The summed E-state index contributed by atoms with van der Waals surface area (Å²) < 4.78 is 140. The van der Waals surface area contributed by atoms with Crippen LogP contribution in [-0.2, 0) is 6.11 Å². The fourth-order valence-corrected chi connectivity index (χ4v) is 3.58. The monoisotopic (exact) mass is 542 g/mol. The minimum Gasteiger partial charge on any atom is -0.429 e. The molecule has 0 unspecified atom stereocenters. The molecule has 0 aliphatic heterocycles. The first-order valence-electron chi connectivity index (χ1n) is 10.5. The predicted octanol–water partition coefficient (Wildman–Crippen LogP) is 9.38. The lowest BCUT2D eigenvalue weighted by Gasteiger charge is -2.20. The SMILES string of the molecule is FC(F)=C(F)c1ccc(-c2ccc(-c3cc(F)c(C(F)(F)Oc4cc(F)c(F)c(F)c4)c(F)c3)cc2)cc1. The Labute approximate surface area is 208 Å². The fraction of sp³-hybridized carbons (Fsp3) is 0.0370. The van der Waals surface area contributed by atoms with Crippen molar-refractivity contribution in [1.29, 1.82) is 0 Å². The summed E-state index contributed by atoms with van der Waals surface area (Å²) >= 11 is 0. The average molecular weight is 542 g/mol. The van der Waals surface area contributed by atoms with Crippen LogP contribution in [0.4, 0.5) is 43.9 Å². The molecule has 0 N–H and O–H groups in total. The standard InChI is InChI=1S/C27H12F10O/c28-19-9-17(10-20(29)23(19)27(36,37)38-18-11-21(30)25(33)22(31)12-18)15-3-1-13(2-4-15)14-5-7-16(8-6-14)24(32)26(34)35/h1-12H. The lowest BCUT2D eigenvalue weighted by molar-refractivity contribution is -0.189. The normalized spacial score (nSPS) is 11.4. The number of halogens is 10. The van der Waals surface area contributed by atoms with Gasteiger partial charge in [-0.15, -0.1) is 0 Å². The summed E-state index contributed by atoms with van der Waals surface area (Å²) in [6.07, 6.45) is -7.19. The third-order valence-corrected chi connectivity index (χ3v) is 5.39. The summed E-state index contributed by atoms with van der Waals surface area (Å²) in [5, 5.41) is 0. The molecule has 0 saturated carbocycles. The summed E-state index contributed by atoms with van der Waals surface area (Å²) in [6.45, 7) is 0. The van der Waals surface area contributed by atoms with Crippen LogP contribution in [0.3, 0.4) is 0 Å². The van der Waals surface area contributed by atoms with E-state index < -0.39 is 58.4 Å². The van der Waals surface area contributed by atoms with E-state index in [1.807, 2.05) is 0 Å². The molecule has 0 aliphatic rings. The van der Waals surface area contributed by atoms with Crippen LogP contribution in [0.1, 0.15) is 11.1 Å². The van der Waals surface area contributed by atoms with Crippen LogP contribution in [0.5, 0.6) is 5.75 Å². The molecule has 11 heteroatoms. The number of ether oxygens (including phenoxy) is 1. The van der Waals surface area contributed by atoms with E-state index in [4.69, 9.17) is 0 Å². The van der Waals surface area contributed by atoms with Crippen LogP contribution >= 0.6 is 0 Å². The Hall–Kier alpha value is -4.28. The van der Waals surface area contributed by atoms with Crippen molar-refractivity contribution < 1.29 is 48.6 Å². The van der Waals surface area contributed by atoms with Gasteiger partial charge in [0.05, 0.1) is 0 Å². The first kappa shape index (κ1) is 26.8. The van der Waals surface area contributed by atoms with Crippen LogP contribution in [0.2, 0.25) is 0 Å². The van der Waals surface area contributed by atoms with E-state index in [-0.39, 0.29) is 28.8 Å². The first-order chi connectivity index (χ1) is 17.9. The zero-order chi connectivity index (χ0) is 27.8. The van der Waals surface area contributed by atoms with Gasteiger partial charge in [-0.2, -0.15) is 17.6 Å². The van der Waals surface area contributed by atoms with Gasteiger partial charge >= 0.3 is 12.2 Å². The molecule has 0 fully saturated rings. The highest BCUT2D eigenvalue weighted by Crippen LogP contribution is 2.38. The van der Waals surface area contributed by atoms with Crippen molar-refractivity contribution in [3.63, 3.8) is 0 Å². The van der Waals surface area contributed by atoms with Gasteiger partial charge in [0.1, 0.15) is 22.9 Å². The van der Waals surface area contributed by atoms with Crippen molar-refractivity contribution in [1.82, 2.24) is 0 Å². The first-order valence-corrected chi connectivity index (χ1v) is 10.5. The maximum absolute atomic E-state index is 14.6. The lowest BCUT2D eigenvalue weighted by atomic mass is 9.98. The topological polar surface area (TPSA) is 9.23 Å². The van der Waals surface area contributed by atoms with Crippen LogP contribution in [0.15, 0.2) is 78.9 Å². The Morgan fingerprint density at radius 1 is 0.553 bits per heavy atom. The quantitative estimate of drug-likeness (QED) is 0.174. The van der Waals surface area contributed by atoms with Crippen LogP contribution in [0.25, 0.3) is 28.1 Å². The molecule has 4 aromatic carbocycles. The van der Waals surface area contributed by atoms with Gasteiger partial charge in [-0.1, -0.05) is 48.5 Å². The summed E-state index contributed by atoms with van der Waals surface area (Å²) in [4.78, 5) is 0. The molecule has 0 bridgehead atoms. The second-order valence-corrected chi connectivity index (χ2v) is 7.86. The molecular weight excluding hydrogens is 530 g/mol. The van der Waals surface area contributed by atoms with Crippen molar-refractivity contribution in [2.24, 2.45) is 0 Å². The zero-order valence-corrected chi connectivity index (χ0v) is 18.6. The van der Waals surface area contributed by atoms with E-state index in [1.165, 1.54) is 36.4 Å². The number of alkyl halides is 2. The third-order valence-electron chi connectivity index (χ3n) is 5.39. The highest BCUT2D eigenvalue weighted by molar-refractivity contribution is 5.72. The van der Waals surface area contributed by atoms with Crippen LogP contribution in [0, 0.1) is 29.1 Å². The fourth-order valence-electron chi connectivity index (χ4n) is 3.58. The lowest BCUT2D eigenvalue weighted by Crippen LogP contribution is -2.25. The zero-order valence-electron chi connectivity index (χ0n) is 18.6. The molecule has 0 aromatic heterocycles. The molecule has 0 spiro atoms. The molecule has 0 radical (unpaired) electrons. The van der Waals surface area contributed by atoms with Gasteiger partial charge in [0, 0.05) is 17.7 Å². The van der Waals surface area contributed by atoms with Crippen molar-refractivity contribution >= 4 is 5.83 Å². The molecule has 0 atom stereocenters. The van der Waals surface area contributed by atoms with Gasteiger partial charge in [0.25, 0.3) is 0 Å². The third kappa shape index (κ3) is 5.36. The number of rotatable bonds is 6. The summed E-state index contributed by atoms with van der Waals surface area (Å²) in [6, 6.07) is 12.2. The Morgan fingerprint density at radius 2 is 0.974 bits per heavy atom. The Bertz CT molecular complexity index is 1480. The van der Waals surface area contributed by atoms with E-state index in [0.717, 1.165) is 12.1 Å². The van der Waals surface area contributed by atoms with E-state index in [1.54, 1.807) is 0 Å². The van der Waals surface area contributed by atoms with Crippen molar-refractivity contribution in [3.8, 4) is 28.0 Å². The van der Waals surface area contributed by atoms with E-state index in [9.17, 15) is 43.9 Å². The molecule has 4 rings (SSSR count). The van der Waals surface area contributed by atoms with Crippen LogP contribution in [-0.4, -0.2) is 0 Å². The van der Waals surface area contributed by atoms with E-state index in [0.29, 0.717) is 23.3 Å². The molecule has 0 aliphatic carbocycles. The Kier molecular flexibility index (Phi) is 7.21. The number of hydrogen-bond acceptors (Lipinski definition) is 1. The van der Waals surface area contributed by atoms with Gasteiger partial charge in [-0.25, -0.2) is 26.3 Å². The molecule has 1 nitrogen and oxygen atoms in total. The average Bonchev–Trinajstić information content (AvgIpc) is 2.86. The molecule has 38 heavy (non-hydrogen) atoms. The smallest absolute Gasteiger partial charge is 0.429 e. The van der Waals surface area contributed by atoms with Gasteiger partial charge in [-0.05, 0) is 34.4 Å². The summed E-state index contributed by atoms with van der Waals surface area (Å²) in [5.41, 5.74) is -1.07. The maximum atomic E-state index is 14.6. The second-order valence-electron chi connectivity index (χ2n) is 7.86. The highest BCUT2D eigenvalue weighted by atomic mass is 19.3. The molecule has 0 saturated heterocycles. The van der Waals surface area contributed by atoms with E-state index in [2.05, 4.69) is 4.74 Å².